The third kappa shape index (κ3) is 4.71. The van der Waals surface area contributed by atoms with Gasteiger partial charge in [-0.2, -0.15) is 0 Å². The summed E-state index contributed by atoms with van der Waals surface area (Å²) in [4.78, 5) is 38.8. The molecule has 11 heteroatoms. The summed E-state index contributed by atoms with van der Waals surface area (Å²) in [5.74, 6) is -2.57. The maximum Gasteiger partial charge on any atom is 0.336 e. The van der Waals surface area contributed by atoms with Crippen LogP contribution in [0.3, 0.4) is 0 Å². The zero-order valence-electron chi connectivity index (χ0n) is 20.0. The Morgan fingerprint density at radius 2 is 2.06 bits per heavy atom. The van der Waals surface area contributed by atoms with E-state index >= 15 is 0 Å². The molecule has 1 aromatic carbocycles. The monoisotopic (exact) mass is 514 g/mol. The molecular formula is C25H26N2O8S. The summed E-state index contributed by atoms with van der Waals surface area (Å²) in [6.07, 6.45) is 0.776. The number of phenolic OH excluding ortho intramolecular Hbond substituents is 1. The van der Waals surface area contributed by atoms with Crippen LogP contribution in [-0.2, 0) is 19.1 Å². The van der Waals surface area contributed by atoms with Crippen molar-refractivity contribution < 1.29 is 33.8 Å². The van der Waals surface area contributed by atoms with Gasteiger partial charge in [0.25, 0.3) is 0 Å². The van der Waals surface area contributed by atoms with E-state index in [0.717, 1.165) is 4.88 Å². The lowest BCUT2D eigenvalue weighted by Crippen LogP contribution is -2.36. The number of carbonyl (C=O) groups is 2. The number of thiophene rings is 1. The molecule has 0 unspecified atom stereocenters. The molecule has 1 aromatic heterocycles. The summed E-state index contributed by atoms with van der Waals surface area (Å²) in [7, 11) is 2.75. The van der Waals surface area contributed by atoms with Gasteiger partial charge < -0.3 is 24.6 Å². The molecule has 2 heterocycles. The van der Waals surface area contributed by atoms with Crippen molar-refractivity contribution in [1.29, 1.82) is 0 Å². The molecule has 2 aromatic rings. The molecule has 2 atom stereocenters. The fraction of sp³-hybridized carbons (Fsp3) is 0.360. The highest BCUT2D eigenvalue weighted by molar-refractivity contribution is 7.10. The van der Waals surface area contributed by atoms with E-state index in [4.69, 9.17) is 14.2 Å². The highest BCUT2D eigenvalue weighted by atomic mass is 32.1. The van der Waals surface area contributed by atoms with Crippen molar-refractivity contribution in [1.82, 2.24) is 5.32 Å². The summed E-state index contributed by atoms with van der Waals surface area (Å²) in [6.45, 7) is 1.89. The van der Waals surface area contributed by atoms with E-state index in [2.05, 4.69) is 5.32 Å². The number of hydrogen-bond acceptors (Lipinski definition) is 10. The number of rotatable bonds is 8. The van der Waals surface area contributed by atoms with Gasteiger partial charge in [-0.15, -0.1) is 11.3 Å². The molecule has 0 fully saturated rings. The smallest absolute Gasteiger partial charge is 0.336 e. The summed E-state index contributed by atoms with van der Waals surface area (Å²) in [6, 6.07) is 6.51. The van der Waals surface area contributed by atoms with E-state index < -0.39 is 28.2 Å². The minimum absolute atomic E-state index is 0.00180. The Hall–Kier alpha value is -3.70. The van der Waals surface area contributed by atoms with Gasteiger partial charge in [0.2, 0.25) is 5.75 Å². The average Bonchev–Trinajstić information content (AvgIpc) is 3.38. The van der Waals surface area contributed by atoms with Gasteiger partial charge in [0.1, 0.15) is 6.61 Å². The van der Waals surface area contributed by atoms with Crippen LogP contribution in [-0.4, -0.2) is 49.2 Å². The molecule has 0 saturated heterocycles. The summed E-state index contributed by atoms with van der Waals surface area (Å²) >= 11 is 1.58. The van der Waals surface area contributed by atoms with E-state index in [1.807, 2.05) is 17.5 Å². The first-order valence-corrected chi connectivity index (χ1v) is 12.1. The van der Waals surface area contributed by atoms with E-state index in [0.29, 0.717) is 23.4 Å². The number of phenols is 1. The fourth-order valence-electron chi connectivity index (χ4n) is 4.74. The number of dihydropyridines is 1. The Bertz CT molecular complexity index is 1270. The minimum Gasteiger partial charge on any atom is -0.500 e. The van der Waals surface area contributed by atoms with Gasteiger partial charge in [-0.3, -0.25) is 14.9 Å². The zero-order valence-corrected chi connectivity index (χ0v) is 20.8. The number of carbonyl (C=O) groups excluding carboxylic acids is 2. The number of esters is 1. The summed E-state index contributed by atoms with van der Waals surface area (Å²) < 4.78 is 15.5. The second-order valence-corrected chi connectivity index (χ2v) is 9.49. The number of ether oxygens (including phenoxy) is 3. The standard InChI is InChI=1S/C25H26N2O8S/c1-13-21(25(30)35-7-6-33-2)22(15-10-17(27(31)32)24(29)19(12-15)34-3)23-16(26-13)9-14(11-18(23)28)20-5-4-8-36-20/h4-5,8,10,12,14,22,26,29H,6-7,9,11H2,1-3H3/t14-,22-/m1/s1. The van der Waals surface area contributed by atoms with Crippen LogP contribution in [0.4, 0.5) is 5.69 Å². The molecule has 0 radical (unpaired) electrons. The van der Waals surface area contributed by atoms with Crippen molar-refractivity contribution in [2.75, 3.05) is 27.4 Å². The largest absolute Gasteiger partial charge is 0.500 e. The van der Waals surface area contributed by atoms with Gasteiger partial charge in [0.05, 0.1) is 24.2 Å². The molecular weight excluding hydrogens is 488 g/mol. The Morgan fingerprint density at radius 3 is 2.69 bits per heavy atom. The minimum atomic E-state index is -0.943. The fourth-order valence-corrected chi connectivity index (χ4v) is 5.57. The van der Waals surface area contributed by atoms with Crippen molar-refractivity contribution in [2.24, 2.45) is 0 Å². The molecule has 190 valence electrons. The maximum absolute atomic E-state index is 13.6. The lowest BCUT2D eigenvalue weighted by Gasteiger charge is -2.36. The van der Waals surface area contributed by atoms with Crippen LogP contribution in [0.15, 0.2) is 52.2 Å². The Balaban J connectivity index is 1.86. The molecule has 0 amide bonds. The predicted molar refractivity (Wildman–Crippen MR) is 131 cm³/mol. The number of hydrogen-bond donors (Lipinski definition) is 2. The van der Waals surface area contributed by atoms with Crippen LogP contribution in [0, 0.1) is 10.1 Å². The van der Waals surface area contributed by atoms with Crippen molar-refractivity contribution in [2.45, 2.75) is 31.6 Å². The predicted octanol–water partition coefficient (Wildman–Crippen LogP) is 3.92. The Kier molecular flexibility index (Phi) is 7.41. The number of aromatic hydroxyl groups is 1. The summed E-state index contributed by atoms with van der Waals surface area (Å²) in [5.41, 5.74) is 1.34. The molecule has 2 N–H and O–H groups in total. The lowest BCUT2D eigenvalue weighted by molar-refractivity contribution is -0.386. The van der Waals surface area contributed by atoms with Crippen LogP contribution in [0.2, 0.25) is 0 Å². The van der Waals surface area contributed by atoms with Crippen LogP contribution in [0.25, 0.3) is 0 Å². The molecule has 0 spiro atoms. The highest BCUT2D eigenvalue weighted by Crippen LogP contribution is 2.49. The number of Topliss-reactive ketones (excluding diaryl/α,β-unsaturated/α-hetero) is 1. The second-order valence-electron chi connectivity index (χ2n) is 8.51. The number of allylic oxidation sites excluding steroid dienone is 3. The van der Waals surface area contributed by atoms with Gasteiger partial charge in [-0.25, -0.2) is 4.79 Å². The Labute approximate surface area is 211 Å². The maximum atomic E-state index is 13.6. The van der Waals surface area contributed by atoms with Crippen molar-refractivity contribution in [3.05, 3.63) is 72.7 Å². The molecule has 1 aliphatic carbocycles. The molecule has 0 bridgehead atoms. The zero-order chi connectivity index (χ0) is 26.0. The number of ketones is 1. The normalized spacial score (nSPS) is 19.6. The third-order valence-corrected chi connectivity index (χ3v) is 7.38. The topological polar surface area (TPSA) is 137 Å². The van der Waals surface area contributed by atoms with Gasteiger partial charge in [0.15, 0.2) is 11.5 Å². The number of nitro groups is 1. The molecule has 0 saturated carbocycles. The number of methoxy groups -OCH3 is 2. The first kappa shape index (κ1) is 25.4. The van der Waals surface area contributed by atoms with Crippen molar-refractivity contribution >= 4 is 28.8 Å². The quantitative estimate of drug-likeness (QED) is 0.232. The van der Waals surface area contributed by atoms with Crippen LogP contribution < -0.4 is 10.1 Å². The third-order valence-electron chi connectivity index (χ3n) is 6.34. The Morgan fingerprint density at radius 1 is 1.28 bits per heavy atom. The van der Waals surface area contributed by atoms with Gasteiger partial charge in [0, 0.05) is 53.3 Å². The van der Waals surface area contributed by atoms with E-state index in [1.165, 1.54) is 26.4 Å². The van der Waals surface area contributed by atoms with Crippen molar-refractivity contribution in [3.8, 4) is 11.5 Å². The van der Waals surface area contributed by atoms with Gasteiger partial charge in [-0.1, -0.05) is 6.07 Å². The molecule has 1 aliphatic heterocycles. The molecule has 2 aliphatic rings. The summed E-state index contributed by atoms with van der Waals surface area (Å²) in [5, 5.41) is 27.2. The van der Waals surface area contributed by atoms with Gasteiger partial charge in [-0.05, 0) is 36.4 Å². The van der Waals surface area contributed by atoms with Crippen LogP contribution in [0.1, 0.15) is 42.0 Å². The average molecular weight is 515 g/mol. The second kappa shape index (κ2) is 10.5. The number of nitrogens with one attached hydrogen (secondary N) is 1. The van der Waals surface area contributed by atoms with E-state index in [1.54, 1.807) is 18.3 Å². The number of nitrogens with zero attached hydrogens (tertiary/aromatic N) is 1. The van der Waals surface area contributed by atoms with Crippen LogP contribution in [0.5, 0.6) is 11.5 Å². The molecule has 10 nitrogen and oxygen atoms in total. The van der Waals surface area contributed by atoms with E-state index in [-0.39, 0.29) is 48.2 Å². The molecule has 36 heavy (non-hydrogen) atoms. The number of benzene rings is 1. The highest BCUT2D eigenvalue weighted by Gasteiger charge is 2.42. The van der Waals surface area contributed by atoms with E-state index in [9.17, 15) is 24.8 Å². The van der Waals surface area contributed by atoms with Crippen molar-refractivity contribution in [3.63, 3.8) is 0 Å². The lowest BCUT2D eigenvalue weighted by atomic mass is 9.72. The number of nitro benzene ring substituents is 1. The SMILES string of the molecule is COCCOC(=O)C1=C(C)NC2=C(C(=O)C[C@H](c3cccs3)C2)[C@@H]1c1cc(OC)c(O)c([N+](=O)[O-])c1. The van der Waals surface area contributed by atoms with Crippen LogP contribution >= 0.6 is 11.3 Å². The van der Waals surface area contributed by atoms with Gasteiger partial charge >= 0.3 is 11.7 Å². The molecule has 4 rings (SSSR count). The first-order valence-electron chi connectivity index (χ1n) is 11.3. The first-order chi connectivity index (χ1) is 17.3.